The van der Waals surface area contributed by atoms with Crippen molar-refractivity contribution in [1.29, 1.82) is 0 Å². The highest BCUT2D eigenvalue weighted by Gasteiger charge is 2.19. The molecule has 1 atom stereocenters. The van der Waals surface area contributed by atoms with Gasteiger partial charge < -0.3 is 0 Å². The average Bonchev–Trinajstić information content (AvgIpc) is 2.16. The molecule has 0 aliphatic heterocycles. The molecule has 1 aromatic carbocycles. The highest BCUT2D eigenvalue weighted by atomic mass is 79.9. The highest BCUT2D eigenvalue weighted by molar-refractivity contribution is 9.10. The largest absolute Gasteiger partial charge is 0.242 e. The Morgan fingerprint density at radius 3 is 2.69 bits per heavy atom. The second-order valence-electron chi connectivity index (χ2n) is 3.22. The van der Waals surface area contributed by atoms with Crippen molar-refractivity contribution in [3.63, 3.8) is 0 Å². The Morgan fingerprint density at radius 1 is 1.56 bits per heavy atom. The highest BCUT2D eigenvalue weighted by Crippen LogP contribution is 2.22. The van der Waals surface area contributed by atoms with E-state index in [0.717, 1.165) is 12.1 Å². The minimum atomic E-state index is -3.65. The number of rotatable bonds is 4. The van der Waals surface area contributed by atoms with Gasteiger partial charge in [-0.1, -0.05) is 6.08 Å². The van der Waals surface area contributed by atoms with E-state index in [1.165, 1.54) is 12.1 Å². The molecule has 6 heteroatoms. The minimum absolute atomic E-state index is 0.00241. The first-order chi connectivity index (χ1) is 7.36. The normalized spacial score (nSPS) is 13.4. The van der Waals surface area contributed by atoms with Crippen LogP contribution in [0.25, 0.3) is 0 Å². The van der Waals surface area contributed by atoms with E-state index >= 15 is 0 Å². The Morgan fingerprint density at radius 2 is 2.19 bits per heavy atom. The molecule has 0 amide bonds. The molecule has 0 aliphatic carbocycles. The fourth-order valence-corrected chi connectivity index (χ4v) is 3.32. The molecule has 1 aromatic rings. The molecule has 0 spiro atoms. The van der Waals surface area contributed by atoms with E-state index in [1.807, 2.05) is 0 Å². The van der Waals surface area contributed by atoms with Gasteiger partial charge in [0.25, 0.3) is 0 Å². The number of sulfonamides is 1. The Labute approximate surface area is 103 Å². The number of hydrogen-bond donors (Lipinski definition) is 1. The minimum Gasteiger partial charge on any atom is -0.207 e. The van der Waals surface area contributed by atoms with Gasteiger partial charge in [0.1, 0.15) is 5.82 Å². The zero-order valence-electron chi connectivity index (χ0n) is 8.57. The van der Waals surface area contributed by atoms with Crippen molar-refractivity contribution in [2.24, 2.45) is 0 Å². The van der Waals surface area contributed by atoms with Crippen molar-refractivity contribution < 1.29 is 12.8 Å². The number of hydrogen-bond acceptors (Lipinski definition) is 2. The van der Waals surface area contributed by atoms with E-state index < -0.39 is 15.8 Å². The standard InChI is InChI=1S/C10H11BrFNO2S/c1-3-7(2)13-16(14,15)10-5-4-8(12)6-9(10)11/h3-7,13H,1H2,2H3. The summed E-state index contributed by atoms with van der Waals surface area (Å²) in [5.41, 5.74) is 0. The first-order valence-corrected chi connectivity index (χ1v) is 6.74. The second-order valence-corrected chi connectivity index (χ2v) is 5.76. The third-order valence-electron chi connectivity index (χ3n) is 1.88. The molecule has 0 bridgehead atoms. The molecule has 1 N–H and O–H groups in total. The van der Waals surface area contributed by atoms with Crippen LogP contribution < -0.4 is 4.72 Å². The summed E-state index contributed by atoms with van der Waals surface area (Å²) in [7, 11) is -3.65. The SMILES string of the molecule is C=CC(C)NS(=O)(=O)c1ccc(F)cc1Br. The predicted molar refractivity (Wildman–Crippen MR) is 64.1 cm³/mol. The maximum absolute atomic E-state index is 12.8. The molecule has 1 unspecified atom stereocenters. The quantitative estimate of drug-likeness (QED) is 0.869. The third-order valence-corrected chi connectivity index (χ3v) is 4.41. The van der Waals surface area contributed by atoms with E-state index in [2.05, 4.69) is 27.2 Å². The molecule has 0 heterocycles. The van der Waals surface area contributed by atoms with E-state index in [0.29, 0.717) is 0 Å². The summed E-state index contributed by atoms with van der Waals surface area (Å²) in [4.78, 5) is 0.00241. The topological polar surface area (TPSA) is 46.2 Å². The van der Waals surface area contributed by atoms with Gasteiger partial charge in [0, 0.05) is 10.5 Å². The smallest absolute Gasteiger partial charge is 0.207 e. The van der Waals surface area contributed by atoms with Crippen LogP contribution in [0, 0.1) is 5.82 Å². The molecule has 16 heavy (non-hydrogen) atoms. The summed E-state index contributed by atoms with van der Waals surface area (Å²) in [6.07, 6.45) is 1.47. The van der Waals surface area contributed by atoms with Crippen molar-refractivity contribution in [2.45, 2.75) is 17.9 Å². The number of benzene rings is 1. The molecular weight excluding hydrogens is 297 g/mol. The van der Waals surface area contributed by atoms with Gasteiger partial charge in [0.15, 0.2) is 0 Å². The molecule has 1 rings (SSSR count). The van der Waals surface area contributed by atoms with Crippen LogP contribution in [0.4, 0.5) is 4.39 Å². The van der Waals surface area contributed by atoms with Gasteiger partial charge in [0.2, 0.25) is 10.0 Å². The molecule has 0 radical (unpaired) electrons. The van der Waals surface area contributed by atoms with Crippen molar-refractivity contribution in [1.82, 2.24) is 4.72 Å². The van der Waals surface area contributed by atoms with Gasteiger partial charge in [-0.3, -0.25) is 0 Å². The summed E-state index contributed by atoms with van der Waals surface area (Å²) in [6.45, 7) is 5.13. The fraction of sp³-hybridized carbons (Fsp3) is 0.200. The molecule has 88 valence electrons. The Balaban J connectivity index is 3.12. The summed E-state index contributed by atoms with van der Waals surface area (Å²) >= 11 is 3.01. The predicted octanol–water partition coefficient (Wildman–Crippen LogP) is 2.44. The first-order valence-electron chi connectivity index (χ1n) is 4.47. The van der Waals surface area contributed by atoms with Crippen molar-refractivity contribution in [3.05, 3.63) is 41.1 Å². The zero-order valence-corrected chi connectivity index (χ0v) is 11.0. The molecule has 3 nitrogen and oxygen atoms in total. The zero-order chi connectivity index (χ0) is 12.3. The van der Waals surface area contributed by atoms with E-state index in [9.17, 15) is 12.8 Å². The van der Waals surface area contributed by atoms with Gasteiger partial charge in [-0.2, -0.15) is 0 Å². The lowest BCUT2D eigenvalue weighted by Crippen LogP contribution is -2.31. The van der Waals surface area contributed by atoms with Crippen LogP contribution in [0.2, 0.25) is 0 Å². The lowest BCUT2D eigenvalue weighted by atomic mass is 10.3. The summed E-state index contributed by atoms with van der Waals surface area (Å²) in [5, 5.41) is 0. The summed E-state index contributed by atoms with van der Waals surface area (Å²) in [5.74, 6) is -0.498. The van der Waals surface area contributed by atoms with Crippen LogP contribution in [0.15, 0.2) is 40.2 Å². The lowest BCUT2D eigenvalue weighted by molar-refractivity contribution is 0.574. The molecule has 0 aliphatic rings. The lowest BCUT2D eigenvalue weighted by Gasteiger charge is -2.11. The fourth-order valence-electron chi connectivity index (χ4n) is 1.05. The molecule has 0 saturated heterocycles. The van der Waals surface area contributed by atoms with Crippen LogP contribution in [0.1, 0.15) is 6.92 Å². The molecular formula is C10H11BrFNO2S. The van der Waals surface area contributed by atoms with E-state index in [-0.39, 0.29) is 15.4 Å². The van der Waals surface area contributed by atoms with Crippen LogP contribution in [0.3, 0.4) is 0 Å². The van der Waals surface area contributed by atoms with Gasteiger partial charge >= 0.3 is 0 Å². The van der Waals surface area contributed by atoms with E-state index in [1.54, 1.807) is 6.92 Å². The first kappa shape index (κ1) is 13.3. The molecule has 0 fully saturated rings. The molecule has 0 aromatic heterocycles. The Kier molecular flexibility index (Phi) is 4.23. The van der Waals surface area contributed by atoms with Crippen molar-refractivity contribution in [3.8, 4) is 0 Å². The Hall–Kier alpha value is -0.720. The molecule has 0 saturated carbocycles. The monoisotopic (exact) mass is 307 g/mol. The van der Waals surface area contributed by atoms with Gasteiger partial charge in [-0.15, -0.1) is 6.58 Å². The van der Waals surface area contributed by atoms with Crippen LogP contribution >= 0.6 is 15.9 Å². The number of halogens is 2. The van der Waals surface area contributed by atoms with Gasteiger partial charge in [-0.25, -0.2) is 17.5 Å². The number of nitrogens with one attached hydrogen (secondary N) is 1. The summed E-state index contributed by atoms with van der Waals surface area (Å²) in [6, 6.07) is 3.02. The van der Waals surface area contributed by atoms with Crippen LogP contribution in [-0.2, 0) is 10.0 Å². The second kappa shape index (κ2) is 5.07. The van der Waals surface area contributed by atoms with Crippen molar-refractivity contribution in [2.75, 3.05) is 0 Å². The Bertz CT molecular complexity index is 502. The van der Waals surface area contributed by atoms with Crippen molar-refractivity contribution >= 4 is 26.0 Å². The van der Waals surface area contributed by atoms with E-state index in [4.69, 9.17) is 0 Å². The third kappa shape index (κ3) is 3.13. The maximum atomic E-state index is 12.8. The maximum Gasteiger partial charge on any atom is 0.242 e. The average molecular weight is 308 g/mol. The summed E-state index contributed by atoms with van der Waals surface area (Å²) < 4.78 is 39.0. The van der Waals surface area contributed by atoms with Gasteiger partial charge in [0.05, 0.1) is 4.90 Å². The van der Waals surface area contributed by atoms with Gasteiger partial charge in [-0.05, 0) is 41.1 Å². The van der Waals surface area contributed by atoms with Crippen LogP contribution in [0.5, 0.6) is 0 Å². The van der Waals surface area contributed by atoms with Crippen LogP contribution in [-0.4, -0.2) is 14.5 Å².